The monoisotopic (exact) mass is 368 g/mol. The average molecular weight is 368 g/mol. The fourth-order valence-electron chi connectivity index (χ4n) is 2.30. The molecule has 0 aliphatic carbocycles. The third-order valence-electron chi connectivity index (χ3n) is 3.51. The van der Waals surface area contributed by atoms with Crippen LogP contribution >= 0.6 is 0 Å². The third-order valence-corrected chi connectivity index (χ3v) is 4.64. The van der Waals surface area contributed by atoms with Crippen LogP contribution in [-0.4, -0.2) is 37.5 Å². The number of aliphatic hydroxyl groups excluding tert-OH is 1. The van der Waals surface area contributed by atoms with Gasteiger partial charge in [-0.1, -0.05) is 18.2 Å². The zero-order chi connectivity index (χ0) is 18.8. The molecular formula is C17H14F2O5S. The van der Waals surface area contributed by atoms with Crippen LogP contribution in [0.2, 0.25) is 0 Å². The molecule has 2 rings (SSSR count). The number of aliphatic hydroxyl groups is 1. The van der Waals surface area contributed by atoms with E-state index in [0.717, 1.165) is 24.5 Å². The summed E-state index contributed by atoms with van der Waals surface area (Å²) in [5.74, 6) is -3.79. The predicted molar refractivity (Wildman–Crippen MR) is 87.4 cm³/mol. The minimum atomic E-state index is -3.44. The first-order valence-electron chi connectivity index (χ1n) is 6.98. The summed E-state index contributed by atoms with van der Waals surface area (Å²) in [5.41, 5.74) is -0.341. The Balaban J connectivity index is 2.66. The van der Waals surface area contributed by atoms with Crippen LogP contribution in [0, 0.1) is 11.6 Å². The zero-order valence-corrected chi connectivity index (χ0v) is 13.8. The van der Waals surface area contributed by atoms with Crippen LogP contribution in [0.25, 0.3) is 11.1 Å². The van der Waals surface area contributed by atoms with Crippen molar-refractivity contribution in [3.63, 3.8) is 0 Å². The van der Waals surface area contributed by atoms with Gasteiger partial charge >= 0.3 is 5.97 Å². The van der Waals surface area contributed by atoms with E-state index in [1.165, 1.54) is 24.3 Å². The van der Waals surface area contributed by atoms with Gasteiger partial charge in [0.25, 0.3) is 0 Å². The normalized spacial score (nSPS) is 12.6. The van der Waals surface area contributed by atoms with Gasteiger partial charge in [-0.25, -0.2) is 22.0 Å². The maximum Gasteiger partial charge on any atom is 0.336 e. The number of carboxylic acid groups (broad SMARTS) is 1. The molecule has 0 spiro atoms. The first-order chi connectivity index (χ1) is 11.6. The largest absolute Gasteiger partial charge is 0.478 e. The maximum atomic E-state index is 13.4. The molecule has 0 aliphatic heterocycles. The maximum absolute atomic E-state index is 13.4. The van der Waals surface area contributed by atoms with Crippen molar-refractivity contribution in [3.8, 4) is 0 Å². The Morgan fingerprint density at radius 1 is 1.00 bits per heavy atom. The second-order valence-corrected chi connectivity index (χ2v) is 7.26. The van der Waals surface area contributed by atoms with Crippen molar-refractivity contribution in [3.05, 3.63) is 65.2 Å². The first-order valence-corrected chi connectivity index (χ1v) is 8.87. The first kappa shape index (κ1) is 18.8. The van der Waals surface area contributed by atoms with E-state index in [2.05, 4.69) is 0 Å². The summed E-state index contributed by atoms with van der Waals surface area (Å²) in [4.78, 5) is 11.6. The van der Waals surface area contributed by atoms with Gasteiger partial charge in [-0.2, -0.15) is 0 Å². The van der Waals surface area contributed by atoms with E-state index < -0.39 is 39.6 Å². The minimum absolute atomic E-state index is 0.0261. The van der Waals surface area contributed by atoms with E-state index in [4.69, 9.17) is 0 Å². The van der Waals surface area contributed by atoms with E-state index in [-0.39, 0.29) is 21.6 Å². The summed E-state index contributed by atoms with van der Waals surface area (Å²) in [6.07, 6.45) is 1.02. The Kier molecular flexibility index (Phi) is 5.34. The second kappa shape index (κ2) is 7.12. The van der Waals surface area contributed by atoms with Gasteiger partial charge < -0.3 is 10.2 Å². The molecule has 0 radical (unpaired) electrons. The molecule has 0 aromatic heterocycles. The molecule has 0 unspecified atom stereocenters. The van der Waals surface area contributed by atoms with Gasteiger partial charge in [0.15, 0.2) is 21.5 Å². The van der Waals surface area contributed by atoms with Crippen molar-refractivity contribution in [1.29, 1.82) is 0 Å². The fraction of sp³-hybridized carbons (Fsp3) is 0.118. The number of hydrogen-bond donors (Lipinski definition) is 2. The van der Waals surface area contributed by atoms with E-state index >= 15 is 0 Å². The summed E-state index contributed by atoms with van der Waals surface area (Å²) in [6, 6.07) is 7.81. The molecule has 0 amide bonds. The van der Waals surface area contributed by atoms with Gasteiger partial charge in [0.1, 0.15) is 0 Å². The highest BCUT2D eigenvalue weighted by molar-refractivity contribution is 7.90. The van der Waals surface area contributed by atoms with Crippen LogP contribution < -0.4 is 0 Å². The highest BCUT2D eigenvalue weighted by Crippen LogP contribution is 2.28. The summed E-state index contributed by atoms with van der Waals surface area (Å²) >= 11 is 0. The Bertz CT molecular complexity index is 948. The lowest BCUT2D eigenvalue weighted by Crippen LogP contribution is -2.07. The van der Waals surface area contributed by atoms with Crippen molar-refractivity contribution >= 4 is 27.0 Å². The van der Waals surface area contributed by atoms with E-state index in [1.54, 1.807) is 0 Å². The number of sulfone groups is 1. The average Bonchev–Trinajstić information content (AvgIpc) is 2.54. The molecule has 8 heteroatoms. The lowest BCUT2D eigenvalue weighted by atomic mass is 9.95. The quantitative estimate of drug-likeness (QED) is 0.624. The number of hydrogen-bond acceptors (Lipinski definition) is 4. The van der Waals surface area contributed by atoms with E-state index in [1.807, 2.05) is 0 Å². The molecular weight excluding hydrogens is 354 g/mol. The molecule has 2 aromatic rings. The van der Waals surface area contributed by atoms with Gasteiger partial charge in [0.05, 0.1) is 17.1 Å². The zero-order valence-electron chi connectivity index (χ0n) is 13.0. The topological polar surface area (TPSA) is 91.7 Å². The van der Waals surface area contributed by atoms with Crippen molar-refractivity contribution in [2.45, 2.75) is 4.90 Å². The Hall–Kier alpha value is -2.58. The molecule has 2 N–H and O–H groups in total. The number of carboxylic acids is 1. The van der Waals surface area contributed by atoms with Crippen molar-refractivity contribution in [2.75, 3.05) is 12.9 Å². The molecule has 25 heavy (non-hydrogen) atoms. The summed E-state index contributed by atoms with van der Waals surface area (Å²) < 4.78 is 49.5. The van der Waals surface area contributed by atoms with Crippen LogP contribution in [0.5, 0.6) is 0 Å². The smallest absolute Gasteiger partial charge is 0.336 e. The highest BCUT2D eigenvalue weighted by Gasteiger charge is 2.20. The molecule has 132 valence electrons. The van der Waals surface area contributed by atoms with Crippen LogP contribution in [0.1, 0.15) is 11.1 Å². The standard InChI is InChI=1S/C17H14F2O5S/c1-25(23,24)12-5-2-10(3-6-12)13(9-20)16(17(21)22)11-4-7-14(18)15(19)8-11/h2-8,20H,9H2,1H3,(H,21,22)/b16-13+. The summed E-state index contributed by atoms with van der Waals surface area (Å²) in [6.45, 7) is -0.696. The van der Waals surface area contributed by atoms with Crippen LogP contribution in [-0.2, 0) is 14.6 Å². The van der Waals surface area contributed by atoms with E-state index in [9.17, 15) is 32.2 Å². The second-order valence-electron chi connectivity index (χ2n) is 5.24. The number of aliphatic carboxylic acids is 1. The van der Waals surface area contributed by atoms with E-state index in [0.29, 0.717) is 0 Å². The van der Waals surface area contributed by atoms with Gasteiger partial charge in [0, 0.05) is 6.26 Å². The highest BCUT2D eigenvalue weighted by atomic mass is 32.2. The molecule has 0 heterocycles. The lowest BCUT2D eigenvalue weighted by molar-refractivity contribution is -0.130. The van der Waals surface area contributed by atoms with Crippen LogP contribution in [0.3, 0.4) is 0 Å². The lowest BCUT2D eigenvalue weighted by Gasteiger charge is -2.12. The van der Waals surface area contributed by atoms with Gasteiger partial charge in [-0.3, -0.25) is 0 Å². The van der Waals surface area contributed by atoms with Gasteiger partial charge in [0.2, 0.25) is 0 Å². The van der Waals surface area contributed by atoms with Gasteiger partial charge in [-0.15, -0.1) is 0 Å². The fourth-order valence-corrected chi connectivity index (χ4v) is 2.93. The molecule has 0 saturated heterocycles. The molecule has 2 aromatic carbocycles. The molecule has 0 fully saturated rings. The Morgan fingerprint density at radius 2 is 1.56 bits per heavy atom. The molecule has 0 aliphatic rings. The van der Waals surface area contributed by atoms with Crippen molar-refractivity contribution in [2.24, 2.45) is 0 Å². The third kappa shape index (κ3) is 4.09. The summed E-state index contributed by atoms with van der Waals surface area (Å²) in [5, 5.41) is 19.1. The molecule has 5 nitrogen and oxygen atoms in total. The number of rotatable bonds is 5. The number of halogens is 2. The number of carbonyl (C=O) groups is 1. The SMILES string of the molecule is CS(=O)(=O)c1ccc(/C(CO)=C(/C(=O)O)c2ccc(F)c(F)c2)cc1. The molecule has 0 atom stereocenters. The molecule has 0 saturated carbocycles. The molecule has 0 bridgehead atoms. The summed E-state index contributed by atoms with van der Waals surface area (Å²) in [7, 11) is -3.44. The van der Waals surface area contributed by atoms with Crippen molar-refractivity contribution in [1.82, 2.24) is 0 Å². The minimum Gasteiger partial charge on any atom is -0.478 e. The van der Waals surface area contributed by atoms with Crippen molar-refractivity contribution < 1.29 is 32.2 Å². The van der Waals surface area contributed by atoms with Crippen LogP contribution in [0.4, 0.5) is 8.78 Å². The predicted octanol–water partition coefficient (Wildman–Crippen LogP) is 2.36. The Labute approximate surface area is 142 Å². The van der Waals surface area contributed by atoms with Gasteiger partial charge in [-0.05, 0) is 41.0 Å². The number of benzene rings is 2. The Morgan fingerprint density at radius 3 is 2.00 bits per heavy atom. The van der Waals surface area contributed by atoms with Crippen LogP contribution in [0.15, 0.2) is 47.4 Å².